The maximum absolute atomic E-state index is 13.2. The summed E-state index contributed by atoms with van der Waals surface area (Å²) in [4.78, 5) is 14.8. The van der Waals surface area contributed by atoms with Crippen LogP contribution in [0.5, 0.6) is 11.5 Å². The van der Waals surface area contributed by atoms with Crippen molar-refractivity contribution in [2.24, 2.45) is 0 Å². The number of rotatable bonds is 4. The van der Waals surface area contributed by atoms with Crippen molar-refractivity contribution in [2.45, 2.75) is 45.5 Å². The molecule has 0 radical (unpaired) electrons. The number of anilines is 1. The molecular weight excluding hydrogens is 441 g/mol. The van der Waals surface area contributed by atoms with Gasteiger partial charge in [-0.15, -0.1) is 0 Å². The number of phenols is 1. The van der Waals surface area contributed by atoms with Crippen LogP contribution >= 0.6 is 23.2 Å². The third kappa shape index (κ3) is 4.62. The first-order valence-electron chi connectivity index (χ1n) is 9.80. The molecule has 1 aliphatic rings. The van der Waals surface area contributed by atoms with Crippen LogP contribution in [0.15, 0.2) is 30.3 Å². The Labute approximate surface area is 188 Å². The zero-order chi connectivity index (χ0) is 22.3. The highest BCUT2D eigenvalue weighted by Crippen LogP contribution is 2.39. The Morgan fingerprint density at radius 3 is 2.43 bits per heavy atom. The number of fused-ring (bicyclic) bond motifs is 1. The number of halogens is 2. The van der Waals surface area contributed by atoms with E-state index >= 15 is 0 Å². The fourth-order valence-electron chi connectivity index (χ4n) is 2.89. The number of hydrogen-bond donors (Lipinski definition) is 1. The van der Waals surface area contributed by atoms with E-state index in [-0.39, 0.29) is 26.7 Å². The fraction of sp³-hybridized carbons (Fsp3) is 0.409. The highest BCUT2D eigenvalue weighted by Gasteiger charge is 2.37. The van der Waals surface area contributed by atoms with E-state index in [1.807, 2.05) is 18.2 Å². The average molecular weight is 468 g/mol. The zero-order valence-corrected chi connectivity index (χ0v) is 20.4. The number of amides is 1. The van der Waals surface area contributed by atoms with Gasteiger partial charge in [0.1, 0.15) is 12.4 Å². The second kappa shape index (κ2) is 8.42. The van der Waals surface area contributed by atoms with Crippen LogP contribution in [0.3, 0.4) is 0 Å². The van der Waals surface area contributed by atoms with Crippen molar-refractivity contribution >= 4 is 43.1 Å². The predicted octanol–water partition coefficient (Wildman–Crippen LogP) is 6.26. The third-order valence-electron chi connectivity index (χ3n) is 5.80. The molecule has 2 aromatic rings. The van der Waals surface area contributed by atoms with Gasteiger partial charge in [0.05, 0.1) is 28.9 Å². The SMILES string of the molecule is CC(C)(C)[Si](C)(C)OCc1ccc2c(c1)N(C(=O)c1cc(Cl)c(O)c(Cl)c1)CCO2. The first kappa shape index (κ1) is 22.9. The van der Waals surface area contributed by atoms with E-state index in [0.717, 1.165) is 5.56 Å². The van der Waals surface area contributed by atoms with Crippen molar-refractivity contribution in [2.75, 3.05) is 18.1 Å². The number of benzene rings is 2. The van der Waals surface area contributed by atoms with Crippen LogP contribution < -0.4 is 9.64 Å². The van der Waals surface area contributed by atoms with Gasteiger partial charge in [0.2, 0.25) is 0 Å². The molecule has 3 rings (SSSR count). The molecule has 0 aromatic heterocycles. The van der Waals surface area contributed by atoms with Gasteiger partial charge < -0.3 is 19.2 Å². The summed E-state index contributed by atoms with van der Waals surface area (Å²) in [5.41, 5.74) is 1.96. The minimum atomic E-state index is -1.90. The van der Waals surface area contributed by atoms with E-state index in [1.165, 1.54) is 12.1 Å². The van der Waals surface area contributed by atoms with Crippen molar-refractivity contribution in [1.82, 2.24) is 0 Å². The van der Waals surface area contributed by atoms with Gasteiger partial charge in [-0.05, 0) is 48.0 Å². The molecule has 8 heteroatoms. The van der Waals surface area contributed by atoms with Crippen LogP contribution in [0.1, 0.15) is 36.7 Å². The Kier molecular flexibility index (Phi) is 6.44. The molecule has 0 unspecified atom stereocenters. The van der Waals surface area contributed by atoms with Crippen molar-refractivity contribution in [3.8, 4) is 11.5 Å². The standard InChI is InChI=1S/C22H27Cl2NO4Si/c1-22(2,3)30(4,5)29-13-14-6-7-19-18(10-14)25(8-9-28-19)21(27)15-11-16(23)20(26)17(24)12-15/h6-7,10-12,26H,8-9,13H2,1-5H3. The Morgan fingerprint density at radius 2 is 1.83 bits per heavy atom. The van der Waals surface area contributed by atoms with Gasteiger partial charge in [-0.1, -0.05) is 50.0 Å². The molecule has 1 heterocycles. The molecule has 162 valence electrons. The number of carbonyl (C=O) groups is 1. The van der Waals surface area contributed by atoms with E-state index < -0.39 is 8.32 Å². The molecule has 1 aliphatic heterocycles. The zero-order valence-electron chi connectivity index (χ0n) is 17.9. The fourth-order valence-corrected chi connectivity index (χ4v) is 4.34. The molecule has 0 spiro atoms. The van der Waals surface area contributed by atoms with Crippen molar-refractivity contribution < 1.29 is 19.1 Å². The van der Waals surface area contributed by atoms with Gasteiger partial charge in [-0.3, -0.25) is 4.79 Å². The molecule has 0 atom stereocenters. The average Bonchev–Trinajstić information content (AvgIpc) is 2.68. The summed E-state index contributed by atoms with van der Waals surface area (Å²) in [6.07, 6.45) is 0. The minimum Gasteiger partial charge on any atom is -0.505 e. The van der Waals surface area contributed by atoms with Gasteiger partial charge >= 0.3 is 0 Å². The van der Waals surface area contributed by atoms with Crippen LogP contribution in [-0.4, -0.2) is 32.5 Å². The number of nitrogens with zero attached hydrogens (tertiary/aromatic N) is 1. The van der Waals surface area contributed by atoms with Gasteiger partial charge in [-0.25, -0.2) is 0 Å². The topological polar surface area (TPSA) is 59.0 Å². The summed E-state index contributed by atoms with van der Waals surface area (Å²) >= 11 is 12.0. The lowest BCUT2D eigenvalue weighted by Crippen LogP contribution is -2.40. The highest BCUT2D eigenvalue weighted by molar-refractivity contribution is 6.74. The maximum atomic E-state index is 13.2. The largest absolute Gasteiger partial charge is 0.505 e. The Bertz CT molecular complexity index is 949. The van der Waals surface area contributed by atoms with E-state index in [9.17, 15) is 9.90 Å². The molecular formula is C22H27Cl2NO4Si. The van der Waals surface area contributed by atoms with E-state index in [2.05, 4.69) is 33.9 Å². The van der Waals surface area contributed by atoms with Gasteiger partial charge in [0, 0.05) is 5.56 Å². The Morgan fingerprint density at radius 1 is 1.20 bits per heavy atom. The third-order valence-corrected chi connectivity index (χ3v) is 10.9. The van der Waals surface area contributed by atoms with E-state index in [1.54, 1.807) is 4.90 Å². The van der Waals surface area contributed by atoms with E-state index in [4.69, 9.17) is 32.4 Å². The van der Waals surface area contributed by atoms with Gasteiger partial charge in [-0.2, -0.15) is 0 Å². The van der Waals surface area contributed by atoms with Crippen molar-refractivity contribution in [1.29, 1.82) is 0 Å². The molecule has 1 amide bonds. The summed E-state index contributed by atoms with van der Waals surface area (Å²) in [6, 6.07) is 8.61. The summed E-state index contributed by atoms with van der Waals surface area (Å²) in [5.74, 6) is 0.148. The minimum absolute atomic E-state index is 0.0378. The number of phenolic OH excluding ortho intramolecular Hbond substituents is 1. The summed E-state index contributed by atoms with van der Waals surface area (Å²) in [5, 5.41) is 9.97. The second-order valence-electron chi connectivity index (χ2n) is 8.94. The Balaban J connectivity index is 1.88. The van der Waals surface area contributed by atoms with Crippen LogP contribution in [0.25, 0.3) is 0 Å². The number of aromatic hydroxyl groups is 1. The summed E-state index contributed by atoms with van der Waals surface area (Å²) in [6.45, 7) is 12.3. The highest BCUT2D eigenvalue weighted by atomic mass is 35.5. The lowest BCUT2D eigenvalue weighted by Gasteiger charge is -2.36. The number of hydrogen-bond acceptors (Lipinski definition) is 4. The van der Waals surface area contributed by atoms with Gasteiger partial charge in [0.25, 0.3) is 5.91 Å². The predicted molar refractivity (Wildman–Crippen MR) is 124 cm³/mol. The normalized spacial score (nSPS) is 14.3. The Hall–Kier alpha value is -1.73. The second-order valence-corrected chi connectivity index (χ2v) is 14.6. The quantitative estimate of drug-likeness (QED) is 0.538. The monoisotopic (exact) mass is 467 g/mol. The molecule has 0 bridgehead atoms. The maximum Gasteiger partial charge on any atom is 0.258 e. The number of carbonyl (C=O) groups excluding carboxylic acids is 1. The molecule has 5 nitrogen and oxygen atoms in total. The van der Waals surface area contributed by atoms with E-state index in [0.29, 0.717) is 36.8 Å². The lowest BCUT2D eigenvalue weighted by molar-refractivity contribution is 0.0976. The molecule has 0 fully saturated rings. The van der Waals surface area contributed by atoms with Crippen molar-refractivity contribution in [3.05, 3.63) is 51.5 Å². The first-order valence-corrected chi connectivity index (χ1v) is 13.5. The van der Waals surface area contributed by atoms with Gasteiger partial charge in [0.15, 0.2) is 14.1 Å². The molecule has 30 heavy (non-hydrogen) atoms. The van der Waals surface area contributed by atoms with Crippen molar-refractivity contribution in [3.63, 3.8) is 0 Å². The van der Waals surface area contributed by atoms with Crippen LogP contribution in [0.4, 0.5) is 5.69 Å². The smallest absolute Gasteiger partial charge is 0.258 e. The lowest BCUT2D eigenvalue weighted by atomic mass is 10.1. The first-order chi connectivity index (χ1) is 13.9. The molecule has 0 aliphatic carbocycles. The summed E-state index contributed by atoms with van der Waals surface area (Å²) in [7, 11) is -1.90. The molecule has 0 saturated carbocycles. The molecule has 1 N–H and O–H groups in total. The van der Waals surface area contributed by atoms with Crippen LogP contribution in [0.2, 0.25) is 28.2 Å². The molecule has 0 saturated heterocycles. The van der Waals surface area contributed by atoms with Crippen LogP contribution in [0, 0.1) is 0 Å². The molecule has 2 aromatic carbocycles. The summed E-state index contributed by atoms with van der Waals surface area (Å²) < 4.78 is 12.1. The van der Waals surface area contributed by atoms with Crippen LogP contribution in [-0.2, 0) is 11.0 Å². The number of ether oxygens (including phenoxy) is 1.